The van der Waals surface area contributed by atoms with Gasteiger partial charge >= 0.3 is 0 Å². The van der Waals surface area contributed by atoms with Gasteiger partial charge in [0.2, 0.25) is 0 Å². The van der Waals surface area contributed by atoms with Crippen LogP contribution in [-0.2, 0) is 0 Å². The van der Waals surface area contributed by atoms with Crippen LogP contribution in [0.3, 0.4) is 0 Å². The second kappa shape index (κ2) is 6.58. The summed E-state index contributed by atoms with van der Waals surface area (Å²) in [6.07, 6.45) is 0. The zero-order valence-corrected chi connectivity index (χ0v) is 11.5. The third-order valence-corrected chi connectivity index (χ3v) is 3.96. The molecule has 96 valence electrons. The standard InChI is InChI=1S/C13H29N3/c1-12(2)13(3,4)11-15-7-10-16-8-5-14-6-9-16/h12,14-15H,5-11H2,1-4H3. The van der Waals surface area contributed by atoms with E-state index in [2.05, 4.69) is 43.2 Å². The summed E-state index contributed by atoms with van der Waals surface area (Å²) in [6.45, 7) is 17.4. The van der Waals surface area contributed by atoms with Gasteiger partial charge in [-0.3, -0.25) is 4.90 Å². The third-order valence-electron chi connectivity index (χ3n) is 3.96. The van der Waals surface area contributed by atoms with Gasteiger partial charge in [-0.05, 0) is 11.3 Å². The van der Waals surface area contributed by atoms with E-state index in [1.165, 1.54) is 19.6 Å². The maximum atomic E-state index is 3.59. The predicted molar refractivity (Wildman–Crippen MR) is 70.8 cm³/mol. The Kier molecular flexibility index (Phi) is 5.73. The molecule has 3 heteroatoms. The fraction of sp³-hybridized carbons (Fsp3) is 1.00. The van der Waals surface area contributed by atoms with E-state index in [-0.39, 0.29) is 0 Å². The highest BCUT2D eigenvalue weighted by Crippen LogP contribution is 2.24. The predicted octanol–water partition coefficient (Wildman–Crippen LogP) is 1.16. The van der Waals surface area contributed by atoms with E-state index in [0.29, 0.717) is 5.41 Å². The number of piperazine rings is 1. The van der Waals surface area contributed by atoms with Crippen LogP contribution >= 0.6 is 0 Å². The average Bonchev–Trinajstić information content (AvgIpc) is 2.26. The topological polar surface area (TPSA) is 27.3 Å². The van der Waals surface area contributed by atoms with Crippen molar-refractivity contribution in [1.82, 2.24) is 15.5 Å². The fourth-order valence-electron chi connectivity index (χ4n) is 1.79. The lowest BCUT2D eigenvalue weighted by Gasteiger charge is -2.31. The number of nitrogens with zero attached hydrogens (tertiary/aromatic N) is 1. The molecule has 1 fully saturated rings. The molecule has 0 aromatic heterocycles. The molecule has 0 unspecified atom stereocenters. The minimum Gasteiger partial charge on any atom is -0.315 e. The Balaban J connectivity index is 2.06. The van der Waals surface area contributed by atoms with Gasteiger partial charge in [0.15, 0.2) is 0 Å². The summed E-state index contributed by atoms with van der Waals surface area (Å²) in [6, 6.07) is 0. The quantitative estimate of drug-likeness (QED) is 0.667. The molecule has 0 radical (unpaired) electrons. The largest absolute Gasteiger partial charge is 0.315 e. The van der Waals surface area contributed by atoms with Gasteiger partial charge in [0.25, 0.3) is 0 Å². The van der Waals surface area contributed by atoms with E-state index in [9.17, 15) is 0 Å². The minimum atomic E-state index is 0.406. The second-order valence-electron chi connectivity index (χ2n) is 5.91. The maximum Gasteiger partial charge on any atom is 0.0108 e. The molecule has 1 aliphatic rings. The van der Waals surface area contributed by atoms with Gasteiger partial charge in [-0.15, -0.1) is 0 Å². The lowest BCUT2D eigenvalue weighted by molar-refractivity contribution is 0.215. The van der Waals surface area contributed by atoms with Gasteiger partial charge in [0, 0.05) is 45.8 Å². The van der Waals surface area contributed by atoms with Crippen LogP contribution in [0, 0.1) is 11.3 Å². The van der Waals surface area contributed by atoms with Crippen LogP contribution in [0.1, 0.15) is 27.7 Å². The summed E-state index contributed by atoms with van der Waals surface area (Å²) < 4.78 is 0. The molecule has 3 nitrogen and oxygen atoms in total. The Morgan fingerprint density at radius 2 is 1.88 bits per heavy atom. The van der Waals surface area contributed by atoms with Crippen molar-refractivity contribution in [3.05, 3.63) is 0 Å². The first-order chi connectivity index (χ1) is 7.52. The van der Waals surface area contributed by atoms with Crippen LogP contribution in [0.5, 0.6) is 0 Å². The van der Waals surface area contributed by atoms with E-state index in [1.54, 1.807) is 0 Å². The van der Waals surface area contributed by atoms with E-state index in [4.69, 9.17) is 0 Å². The van der Waals surface area contributed by atoms with Crippen molar-refractivity contribution in [1.29, 1.82) is 0 Å². The first-order valence-electron chi connectivity index (χ1n) is 6.66. The van der Waals surface area contributed by atoms with Crippen LogP contribution in [0.25, 0.3) is 0 Å². The first kappa shape index (κ1) is 13.9. The van der Waals surface area contributed by atoms with E-state index in [1.807, 2.05) is 0 Å². The summed E-state index contributed by atoms with van der Waals surface area (Å²) >= 11 is 0. The summed E-state index contributed by atoms with van der Waals surface area (Å²) in [5.74, 6) is 0.735. The molecule has 16 heavy (non-hydrogen) atoms. The van der Waals surface area contributed by atoms with Crippen molar-refractivity contribution in [2.24, 2.45) is 11.3 Å². The zero-order chi connectivity index (χ0) is 12.0. The molecule has 0 atom stereocenters. The molecule has 1 heterocycles. The van der Waals surface area contributed by atoms with Crippen LogP contribution in [0.15, 0.2) is 0 Å². The SMILES string of the molecule is CC(C)C(C)(C)CNCCN1CCNCC1. The molecule has 0 aromatic rings. The van der Waals surface area contributed by atoms with Crippen molar-refractivity contribution in [3.8, 4) is 0 Å². The molecule has 1 aliphatic heterocycles. The Labute approximate surface area is 101 Å². The van der Waals surface area contributed by atoms with E-state index >= 15 is 0 Å². The summed E-state index contributed by atoms with van der Waals surface area (Å²) in [5, 5.41) is 6.97. The Morgan fingerprint density at radius 1 is 1.25 bits per heavy atom. The second-order valence-corrected chi connectivity index (χ2v) is 5.91. The molecule has 0 aliphatic carbocycles. The summed E-state index contributed by atoms with van der Waals surface area (Å²) in [5.41, 5.74) is 0.406. The smallest absolute Gasteiger partial charge is 0.0108 e. The van der Waals surface area contributed by atoms with Gasteiger partial charge in [-0.25, -0.2) is 0 Å². The van der Waals surface area contributed by atoms with Gasteiger partial charge in [0.1, 0.15) is 0 Å². The average molecular weight is 227 g/mol. The number of hydrogen-bond acceptors (Lipinski definition) is 3. The van der Waals surface area contributed by atoms with Gasteiger partial charge in [0.05, 0.1) is 0 Å². The van der Waals surface area contributed by atoms with Crippen molar-refractivity contribution in [2.45, 2.75) is 27.7 Å². The third kappa shape index (κ3) is 4.81. The number of rotatable bonds is 6. The molecule has 0 amide bonds. The summed E-state index contributed by atoms with van der Waals surface area (Å²) in [7, 11) is 0. The molecule has 2 N–H and O–H groups in total. The highest BCUT2D eigenvalue weighted by Gasteiger charge is 2.21. The Morgan fingerprint density at radius 3 is 2.44 bits per heavy atom. The Bertz CT molecular complexity index is 184. The number of nitrogens with one attached hydrogen (secondary N) is 2. The first-order valence-corrected chi connectivity index (χ1v) is 6.66. The summed E-state index contributed by atoms with van der Waals surface area (Å²) in [4.78, 5) is 2.53. The van der Waals surface area contributed by atoms with Crippen molar-refractivity contribution in [2.75, 3.05) is 45.8 Å². The van der Waals surface area contributed by atoms with Gasteiger partial charge in [-0.1, -0.05) is 27.7 Å². The van der Waals surface area contributed by atoms with Gasteiger partial charge < -0.3 is 10.6 Å². The minimum absolute atomic E-state index is 0.406. The monoisotopic (exact) mass is 227 g/mol. The lowest BCUT2D eigenvalue weighted by Crippen LogP contribution is -2.46. The maximum absolute atomic E-state index is 3.59. The van der Waals surface area contributed by atoms with Crippen LogP contribution in [0.4, 0.5) is 0 Å². The molecule has 0 spiro atoms. The molecule has 1 rings (SSSR count). The normalized spacial score (nSPS) is 19.3. The van der Waals surface area contributed by atoms with Crippen LogP contribution in [0.2, 0.25) is 0 Å². The molecular formula is C13H29N3. The zero-order valence-electron chi connectivity index (χ0n) is 11.5. The van der Waals surface area contributed by atoms with E-state index in [0.717, 1.165) is 32.1 Å². The Hall–Kier alpha value is -0.120. The molecule has 1 saturated heterocycles. The fourth-order valence-corrected chi connectivity index (χ4v) is 1.79. The molecular weight excluding hydrogens is 198 g/mol. The van der Waals surface area contributed by atoms with Crippen molar-refractivity contribution >= 4 is 0 Å². The number of hydrogen-bond donors (Lipinski definition) is 2. The van der Waals surface area contributed by atoms with Gasteiger partial charge in [-0.2, -0.15) is 0 Å². The van der Waals surface area contributed by atoms with E-state index < -0.39 is 0 Å². The molecule has 0 bridgehead atoms. The highest BCUT2D eigenvalue weighted by molar-refractivity contribution is 4.75. The van der Waals surface area contributed by atoms with Crippen molar-refractivity contribution in [3.63, 3.8) is 0 Å². The van der Waals surface area contributed by atoms with Crippen molar-refractivity contribution < 1.29 is 0 Å². The van der Waals surface area contributed by atoms with Crippen LogP contribution in [-0.4, -0.2) is 50.7 Å². The molecule has 0 saturated carbocycles. The van der Waals surface area contributed by atoms with Crippen LogP contribution < -0.4 is 10.6 Å². The highest BCUT2D eigenvalue weighted by atomic mass is 15.2. The lowest BCUT2D eigenvalue weighted by atomic mass is 9.81. The molecule has 0 aromatic carbocycles.